The molecule has 0 N–H and O–H groups in total. The van der Waals surface area contributed by atoms with E-state index in [2.05, 4.69) is 25.7 Å². The summed E-state index contributed by atoms with van der Waals surface area (Å²) in [5.41, 5.74) is 0. The molecular formula is C31H62KNO2. The Morgan fingerprint density at radius 1 is 0.543 bits per heavy atom. The zero-order chi connectivity index (χ0) is 25.1. The average molecular weight is 520 g/mol. The fraction of sp³-hybridized carbons (Fsp3) is 0.968. The van der Waals surface area contributed by atoms with Crippen molar-refractivity contribution in [1.29, 1.82) is 0 Å². The minimum Gasteiger partial charge on any atom is -0.550 e. The van der Waals surface area contributed by atoms with Crippen molar-refractivity contribution in [3.63, 3.8) is 0 Å². The van der Waals surface area contributed by atoms with Crippen LogP contribution in [0.25, 0.3) is 0 Å². The van der Waals surface area contributed by atoms with Crippen molar-refractivity contribution >= 4 is 5.97 Å². The van der Waals surface area contributed by atoms with Crippen molar-refractivity contribution in [2.75, 3.05) is 13.1 Å². The van der Waals surface area contributed by atoms with E-state index in [-0.39, 0.29) is 63.8 Å². The van der Waals surface area contributed by atoms with Gasteiger partial charge in [0.05, 0.1) is 0 Å². The van der Waals surface area contributed by atoms with Gasteiger partial charge in [-0.1, -0.05) is 149 Å². The number of carbonyl (C=O) groups is 1. The van der Waals surface area contributed by atoms with Gasteiger partial charge in [-0.2, -0.15) is 0 Å². The van der Waals surface area contributed by atoms with Crippen molar-refractivity contribution in [2.24, 2.45) is 0 Å². The van der Waals surface area contributed by atoms with Crippen LogP contribution in [0.4, 0.5) is 0 Å². The van der Waals surface area contributed by atoms with Crippen molar-refractivity contribution in [2.45, 2.75) is 181 Å². The molecule has 0 aromatic carbocycles. The molecule has 3 nitrogen and oxygen atoms in total. The standard InChI is InChI=1S/C31H63NO2.K/c1-4-7-9-11-13-15-17-19-21-23-25-27-32(30(6-3)29-31(33)34)28-26-24-22-20-18-16-14-12-10-8-5-2;/h30H,4-29H2,1-3H3,(H,33,34);/q;+1/p-1. The molecule has 0 aromatic rings. The van der Waals surface area contributed by atoms with E-state index >= 15 is 0 Å². The first kappa shape index (κ1) is 38.2. The van der Waals surface area contributed by atoms with Gasteiger partial charge in [-0.25, -0.2) is 0 Å². The maximum absolute atomic E-state index is 11.3. The number of aliphatic carboxylic acids is 1. The molecule has 0 saturated heterocycles. The van der Waals surface area contributed by atoms with Gasteiger partial charge in [0.1, 0.15) is 0 Å². The summed E-state index contributed by atoms with van der Waals surface area (Å²) in [6, 6.07) is 0.149. The number of hydrogen-bond acceptors (Lipinski definition) is 3. The van der Waals surface area contributed by atoms with E-state index in [0.29, 0.717) is 0 Å². The number of nitrogens with zero attached hydrogens (tertiary/aromatic N) is 1. The Hall–Kier alpha value is 1.07. The molecule has 0 aliphatic heterocycles. The number of hydrogen-bond donors (Lipinski definition) is 0. The zero-order valence-corrected chi connectivity index (χ0v) is 27.8. The Morgan fingerprint density at radius 2 is 0.829 bits per heavy atom. The average Bonchev–Trinajstić information content (AvgIpc) is 2.83. The van der Waals surface area contributed by atoms with Gasteiger partial charge in [0.2, 0.25) is 0 Å². The van der Waals surface area contributed by atoms with E-state index in [9.17, 15) is 9.90 Å². The van der Waals surface area contributed by atoms with E-state index < -0.39 is 5.97 Å². The van der Waals surface area contributed by atoms with Crippen LogP contribution in [0.3, 0.4) is 0 Å². The SMILES string of the molecule is CCCCCCCCCCCCCN(CCCCCCCCCCCCC)C(CC)CC(=O)[O-].[K+]. The van der Waals surface area contributed by atoms with Crippen molar-refractivity contribution in [3.05, 3.63) is 0 Å². The third kappa shape index (κ3) is 27.9. The van der Waals surface area contributed by atoms with Gasteiger partial charge in [0.15, 0.2) is 0 Å². The summed E-state index contributed by atoms with van der Waals surface area (Å²) in [5, 5.41) is 11.3. The minimum absolute atomic E-state index is 0. The van der Waals surface area contributed by atoms with Crippen molar-refractivity contribution in [3.8, 4) is 0 Å². The molecule has 0 saturated carbocycles. The van der Waals surface area contributed by atoms with Crippen LogP contribution in [-0.4, -0.2) is 30.0 Å². The monoisotopic (exact) mass is 519 g/mol. The molecule has 0 fully saturated rings. The smallest absolute Gasteiger partial charge is 0.550 e. The number of carbonyl (C=O) groups excluding carboxylic acids is 1. The molecule has 1 atom stereocenters. The third-order valence-electron chi connectivity index (χ3n) is 7.49. The van der Waals surface area contributed by atoms with Gasteiger partial charge in [-0.05, 0) is 32.4 Å². The summed E-state index contributed by atoms with van der Waals surface area (Å²) in [7, 11) is 0. The van der Waals surface area contributed by atoms with Crippen molar-refractivity contribution < 1.29 is 61.3 Å². The molecule has 4 heteroatoms. The molecule has 0 bridgehead atoms. The maximum atomic E-state index is 11.3. The molecule has 1 unspecified atom stereocenters. The van der Waals surface area contributed by atoms with E-state index in [1.807, 2.05) is 0 Å². The van der Waals surface area contributed by atoms with Gasteiger partial charge in [0.25, 0.3) is 0 Å². The second-order valence-corrected chi connectivity index (χ2v) is 10.7. The largest absolute Gasteiger partial charge is 1.00 e. The molecular weight excluding hydrogens is 457 g/mol. The molecule has 35 heavy (non-hydrogen) atoms. The number of rotatable bonds is 28. The fourth-order valence-corrected chi connectivity index (χ4v) is 5.16. The summed E-state index contributed by atoms with van der Waals surface area (Å²) in [6.45, 7) is 8.80. The van der Waals surface area contributed by atoms with Crippen LogP contribution >= 0.6 is 0 Å². The second kappa shape index (κ2) is 31.3. The molecule has 0 radical (unpaired) electrons. The molecule has 204 valence electrons. The van der Waals surface area contributed by atoms with Crippen molar-refractivity contribution in [1.82, 2.24) is 4.90 Å². The third-order valence-corrected chi connectivity index (χ3v) is 7.49. The van der Waals surface area contributed by atoms with E-state index in [0.717, 1.165) is 19.5 Å². The molecule has 0 aliphatic carbocycles. The van der Waals surface area contributed by atoms with Gasteiger partial charge < -0.3 is 14.8 Å². The summed E-state index contributed by atoms with van der Waals surface area (Å²) in [4.78, 5) is 13.7. The first-order chi connectivity index (χ1) is 16.7. The quantitative estimate of drug-likeness (QED) is 0.0964. The summed E-state index contributed by atoms with van der Waals surface area (Å²) in [6.07, 6.45) is 31.0. The maximum Gasteiger partial charge on any atom is 1.00 e. The van der Waals surface area contributed by atoms with Crippen LogP contribution in [0, 0.1) is 0 Å². The number of unbranched alkanes of at least 4 members (excludes halogenated alkanes) is 20. The molecule has 0 heterocycles. The number of carboxylic acids is 1. The van der Waals surface area contributed by atoms with E-state index in [1.54, 1.807) is 0 Å². The van der Waals surface area contributed by atoms with Gasteiger partial charge in [-0.3, -0.25) is 0 Å². The normalized spacial score (nSPS) is 12.1. The second-order valence-electron chi connectivity index (χ2n) is 10.7. The van der Waals surface area contributed by atoms with Crippen LogP contribution in [-0.2, 0) is 4.79 Å². The predicted octanol–water partition coefficient (Wildman–Crippen LogP) is 5.83. The van der Waals surface area contributed by atoms with Gasteiger partial charge >= 0.3 is 51.4 Å². The molecule has 0 amide bonds. The van der Waals surface area contributed by atoms with Crippen LogP contribution in [0.2, 0.25) is 0 Å². The first-order valence-electron chi connectivity index (χ1n) is 15.6. The Labute approximate surface area is 263 Å². The summed E-state index contributed by atoms with van der Waals surface area (Å²) in [5.74, 6) is -0.894. The van der Waals surface area contributed by atoms with E-state index in [4.69, 9.17) is 0 Å². The zero-order valence-electron chi connectivity index (χ0n) is 24.7. The molecule has 0 aromatic heterocycles. The molecule has 0 spiro atoms. The predicted molar refractivity (Wildman–Crippen MR) is 148 cm³/mol. The van der Waals surface area contributed by atoms with Crippen LogP contribution < -0.4 is 56.5 Å². The molecule has 0 rings (SSSR count). The minimum atomic E-state index is -0.894. The van der Waals surface area contributed by atoms with Crippen LogP contribution in [0.15, 0.2) is 0 Å². The first-order valence-corrected chi connectivity index (χ1v) is 15.6. The summed E-state index contributed by atoms with van der Waals surface area (Å²) >= 11 is 0. The van der Waals surface area contributed by atoms with Crippen LogP contribution in [0.5, 0.6) is 0 Å². The summed E-state index contributed by atoms with van der Waals surface area (Å²) < 4.78 is 0. The Bertz CT molecular complexity index is 393. The van der Waals surface area contributed by atoms with Crippen LogP contribution in [0.1, 0.15) is 175 Å². The topological polar surface area (TPSA) is 43.4 Å². The fourth-order valence-electron chi connectivity index (χ4n) is 5.16. The molecule has 0 aliphatic rings. The van der Waals surface area contributed by atoms with E-state index in [1.165, 1.54) is 141 Å². The Balaban J connectivity index is 0. The van der Waals surface area contributed by atoms with Gasteiger partial charge in [0, 0.05) is 18.4 Å². The van der Waals surface area contributed by atoms with Gasteiger partial charge in [-0.15, -0.1) is 0 Å². The Kier molecular flexibility index (Phi) is 34.2. The number of carboxylic acid groups (broad SMARTS) is 1. The Morgan fingerprint density at radius 3 is 1.09 bits per heavy atom.